The zero-order valence-corrected chi connectivity index (χ0v) is 12.1. The molecule has 6 heteroatoms. The lowest BCUT2D eigenvalue weighted by Crippen LogP contribution is -2.50. The van der Waals surface area contributed by atoms with Crippen LogP contribution in [-0.2, 0) is 0 Å². The molecule has 108 valence electrons. The van der Waals surface area contributed by atoms with Crippen LogP contribution in [0.25, 0.3) is 0 Å². The predicted octanol–water partition coefficient (Wildman–Crippen LogP) is 1.72. The summed E-state index contributed by atoms with van der Waals surface area (Å²) < 4.78 is 0. The molecule has 0 radical (unpaired) electrons. The van der Waals surface area contributed by atoms with Gasteiger partial charge in [0.1, 0.15) is 0 Å². The van der Waals surface area contributed by atoms with Crippen LogP contribution in [0.3, 0.4) is 0 Å². The first-order valence-electron chi connectivity index (χ1n) is 6.95. The first kappa shape index (κ1) is 13.5. The number of piperazine rings is 1. The van der Waals surface area contributed by atoms with Gasteiger partial charge in [-0.2, -0.15) is 0 Å². The van der Waals surface area contributed by atoms with Gasteiger partial charge in [0.25, 0.3) is 0 Å². The number of fused-ring (bicyclic) bond motifs is 1. The number of hydrogen-bond donors (Lipinski definition) is 2. The number of nitrogens with zero attached hydrogens (tertiary/aromatic N) is 3. The molecule has 0 amide bonds. The van der Waals surface area contributed by atoms with E-state index in [0.29, 0.717) is 16.6 Å². The number of anilines is 1. The molecule has 2 saturated heterocycles. The summed E-state index contributed by atoms with van der Waals surface area (Å²) >= 11 is 6.36. The molecular weight excluding hydrogens is 276 g/mol. The van der Waals surface area contributed by atoms with Gasteiger partial charge in [0.15, 0.2) is 5.84 Å². The molecule has 0 spiro atoms. The second-order valence-electron chi connectivity index (χ2n) is 5.43. The van der Waals surface area contributed by atoms with Gasteiger partial charge in [-0.15, -0.1) is 0 Å². The van der Waals surface area contributed by atoms with Crippen LogP contribution in [0.4, 0.5) is 5.69 Å². The molecule has 3 rings (SSSR count). The highest BCUT2D eigenvalue weighted by Crippen LogP contribution is 2.31. The molecule has 20 heavy (non-hydrogen) atoms. The minimum Gasteiger partial charge on any atom is -0.409 e. The molecule has 0 aromatic heterocycles. The van der Waals surface area contributed by atoms with Crippen LogP contribution < -0.4 is 10.6 Å². The number of nitrogens with two attached hydrogens (primary N) is 1. The Morgan fingerprint density at radius 3 is 2.95 bits per heavy atom. The van der Waals surface area contributed by atoms with Crippen LogP contribution in [0.15, 0.2) is 23.4 Å². The predicted molar refractivity (Wildman–Crippen MR) is 80.8 cm³/mol. The molecule has 3 N–H and O–H groups in total. The molecule has 2 aliphatic rings. The van der Waals surface area contributed by atoms with E-state index in [-0.39, 0.29) is 5.84 Å². The van der Waals surface area contributed by atoms with Gasteiger partial charge in [-0.3, -0.25) is 4.90 Å². The fraction of sp³-hybridized carbons (Fsp3) is 0.500. The highest BCUT2D eigenvalue weighted by molar-refractivity contribution is 6.33. The molecule has 1 aromatic rings. The van der Waals surface area contributed by atoms with Gasteiger partial charge < -0.3 is 15.8 Å². The van der Waals surface area contributed by atoms with Gasteiger partial charge in [0.2, 0.25) is 0 Å². The van der Waals surface area contributed by atoms with Crippen LogP contribution in [0.2, 0.25) is 5.02 Å². The molecule has 0 bridgehead atoms. The van der Waals surface area contributed by atoms with E-state index in [9.17, 15) is 0 Å². The van der Waals surface area contributed by atoms with Crippen LogP contribution in [0.5, 0.6) is 0 Å². The maximum absolute atomic E-state index is 8.70. The van der Waals surface area contributed by atoms with Crippen molar-refractivity contribution in [3.05, 3.63) is 28.8 Å². The summed E-state index contributed by atoms with van der Waals surface area (Å²) in [6.07, 6.45) is 2.57. The Hall–Kier alpha value is -1.46. The number of rotatable bonds is 2. The fourth-order valence-corrected chi connectivity index (χ4v) is 3.49. The van der Waals surface area contributed by atoms with Crippen molar-refractivity contribution >= 4 is 23.1 Å². The lowest BCUT2D eigenvalue weighted by molar-refractivity contribution is 0.231. The summed E-state index contributed by atoms with van der Waals surface area (Å²) in [6, 6.07) is 6.22. The Morgan fingerprint density at radius 1 is 1.35 bits per heavy atom. The summed E-state index contributed by atoms with van der Waals surface area (Å²) in [5, 5.41) is 12.4. The molecule has 1 unspecified atom stereocenters. The maximum atomic E-state index is 8.70. The summed E-state index contributed by atoms with van der Waals surface area (Å²) in [4.78, 5) is 4.90. The highest BCUT2D eigenvalue weighted by atomic mass is 35.5. The standard InChI is InChI=1S/C14H19ClN4O/c15-12-8-10(14(16)17-20)3-4-13(12)19-7-6-18-5-1-2-11(18)9-19/h3-4,8,11,20H,1-2,5-7,9H2,(H2,16,17). The van der Waals surface area contributed by atoms with Gasteiger partial charge in [-0.25, -0.2) is 0 Å². The average Bonchev–Trinajstić information content (AvgIpc) is 2.93. The smallest absolute Gasteiger partial charge is 0.170 e. The summed E-state index contributed by atoms with van der Waals surface area (Å²) in [6.45, 7) is 4.36. The minimum atomic E-state index is 0.0825. The third-order valence-electron chi connectivity index (χ3n) is 4.28. The Bertz CT molecular complexity index is 534. The third kappa shape index (κ3) is 2.43. The topological polar surface area (TPSA) is 65.1 Å². The Morgan fingerprint density at radius 2 is 2.20 bits per heavy atom. The lowest BCUT2D eigenvalue weighted by atomic mass is 10.1. The Kier molecular flexibility index (Phi) is 3.72. The zero-order chi connectivity index (χ0) is 14.1. The van der Waals surface area contributed by atoms with Gasteiger partial charge in [0.05, 0.1) is 10.7 Å². The van der Waals surface area contributed by atoms with Crippen LogP contribution in [-0.4, -0.2) is 48.2 Å². The summed E-state index contributed by atoms with van der Waals surface area (Å²) in [5.74, 6) is 0.0825. The SMILES string of the molecule is N/C(=N/O)c1ccc(N2CCN3CCCC3C2)c(Cl)c1. The van der Waals surface area contributed by atoms with Gasteiger partial charge >= 0.3 is 0 Å². The number of oxime groups is 1. The molecule has 2 aliphatic heterocycles. The quantitative estimate of drug-likeness (QED) is 0.377. The highest BCUT2D eigenvalue weighted by Gasteiger charge is 2.31. The van der Waals surface area contributed by atoms with Gasteiger partial charge in [0, 0.05) is 31.2 Å². The molecule has 1 atom stereocenters. The van der Waals surface area contributed by atoms with Crippen molar-refractivity contribution in [1.29, 1.82) is 0 Å². The third-order valence-corrected chi connectivity index (χ3v) is 4.58. The first-order chi connectivity index (χ1) is 9.69. The fourth-order valence-electron chi connectivity index (χ4n) is 3.19. The Labute approximate surface area is 123 Å². The van der Waals surface area contributed by atoms with E-state index in [4.69, 9.17) is 22.5 Å². The van der Waals surface area contributed by atoms with Crippen molar-refractivity contribution in [2.24, 2.45) is 10.9 Å². The van der Waals surface area contributed by atoms with Crippen molar-refractivity contribution in [2.75, 3.05) is 31.1 Å². The molecule has 5 nitrogen and oxygen atoms in total. The largest absolute Gasteiger partial charge is 0.409 e. The molecule has 0 aliphatic carbocycles. The van der Waals surface area contributed by atoms with Crippen LogP contribution in [0, 0.1) is 0 Å². The summed E-state index contributed by atoms with van der Waals surface area (Å²) in [5.41, 5.74) is 7.26. The zero-order valence-electron chi connectivity index (χ0n) is 11.3. The van der Waals surface area contributed by atoms with E-state index in [2.05, 4.69) is 15.0 Å². The molecule has 0 saturated carbocycles. The molecule has 1 aromatic carbocycles. The van der Waals surface area contributed by atoms with Crippen molar-refractivity contribution in [3.8, 4) is 0 Å². The van der Waals surface area contributed by atoms with Gasteiger partial charge in [-0.05, 0) is 37.6 Å². The average molecular weight is 295 g/mol. The van der Waals surface area contributed by atoms with E-state index in [1.54, 1.807) is 6.07 Å². The molecule has 2 heterocycles. The van der Waals surface area contributed by atoms with Crippen molar-refractivity contribution in [1.82, 2.24) is 4.90 Å². The number of halogens is 1. The van der Waals surface area contributed by atoms with Crippen molar-refractivity contribution in [2.45, 2.75) is 18.9 Å². The van der Waals surface area contributed by atoms with E-state index in [0.717, 1.165) is 25.3 Å². The van der Waals surface area contributed by atoms with E-state index in [1.165, 1.54) is 19.4 Å². The second-order valence-corrected chi connectivity index (χ2v) is 5.84. The number of amidine groups is 1. The monoisotopic (exact) mass is 294 g/mol. The van der Waals surface area contributed by atoms with E-state index in [1.807, 2.05) is 12.1 Å². The maximum Gasteiger partial charge on any atom is 0.170 e. The van der Waals surface area contributed by atoms with E-state index < -0.39 is 0 Å². The van der Waals surface area contributed by atoms with E-state index >= 15 is 0 Å². The molecular formula is C14H19ClN4O. The Balaban J connectivity index is 1.80. The summed E-state index contributed by atoms with van der Waals surface area (Å²) in [7, 11) is 0. The van der Waals surface area contributed by atoms with Crippen molar-refractivity contribution < 1.29 is 5.21 Å². The number of benzene rings is 1. The van der Waals surface area contributed by atoms with Crippen LogP contribution in [0.1, 0.15) is 18.4 Å². The minimum absolute atomic E-state index is 0.0825. The first-order valence-corrected chi connectivity index (χ1v) is 7.33. The number of hydrogen-bond acceptors (Lipinski definition) is 4. The van der Waals surface area contributed by atoms with Crippen LogP contribution >= 0.6 is 11.6 Å². The second kappa shape index (κ2) is 5.50. The van der Waals surface area contributed by atoms with Crippen molar-refractivity contribution in [3.63, 3.8) is 0 Å². The van der Waals surface area contributed by atoms with Gasteiger partial charge in [-0.1, -0.05) is 16.8 Å². The normalized spacial score (nSPS) is 23.9. The lowest BCUT2D eigenvalue weighted by Gasteiger charge is -2.39. The molecule has 2 fully saturated rings.